The lowest BCUT2D eigenvalue weighted by Gasteiger charge is -2.20. The lowest BCUT2D eigenvalue weighted by atomic mass is 10.2. The summed E-state index contributed by atoms with van der Waals surface area (Å²) in [5.41, 5.74) is 3.57. The van der Waals surface area contributed by atoms with Gasteiger partial charge >= 0.3 is 0 Å². The van der Waals surface area contributed by atoms with Gasteiger partial charge in [0.25, 0.3) is 0 Å². The number of nitrogens with zero attached hydrogens (tertiary/aromatic N) is 3. The zero-order valence-electron chi connectivity index (χ0n) is 15.4. The van der Waals surface area contributed by atoms with Crippen molar-refractivity contribution < 1.29 is 4.42 Å². The second-order valence-corrected chi connectivity index (χ2v) is 6.76. The molecule has 5 nitrogen and oxygen atoms in total. The molecule has 2 aromatic heterocycles. The van der Waals surface area contributed by atoms with E-state index in [2.05, 4.69) is 34.5 Å². The number of para-hydroxylation sites is 1. The van der Waals surface area contributed by atoms with E-state index < -0.39 is 0 Å². The summed E-state index contributed by atoms with van der Waals surface area (Å²) in [6.07, 6.45) is 2.70. The third kappa shape index (κ3) is 3.22. The van der Waals surface area contributed by atoms with Crippen LogP contribution in [0.2, 0.25) is 0 Å². The van der Waals surface area contributed by atoms with E-state index in [1.54, 1.807) is 6.26 Å². The first-order valence-electron chi connectivity index (χ1n) is 9.43. The van der Waals surface area contributed by atoms with Gasteiger partial charge in [-0.05, 0) is 30.2 Å². The van der Waals surface area contributed by atoms with Gasteiger partial charge in [0.05, 0.1) is 12.8 Å². The second kappa shape index (κ2) is 7.19. The van der Waals surface area contributed by atoms with Gasteiger partial charge in [0, 0.05) is 23.9 Å². The van der Waals surface area contributed by atoms with Crippen molar-refractivity contribution in [3.05, 3.63) is 90.4 Å². The van der Waals surface area contributed by atoms with Crippen molar-refractivity contribution in [1.29, 1.82) is 0 Å². The molecule has 2 aromatic carbocycles. The molecule has 0 saturated carbocycles. The highest BCUT2D eigenvalue weighted by Crippen LogP contribution is 2.35. The fraction of sp³-hybridized carbons (Fsp3) is 0.130. The maximum absolute atomic E-state index is 5.43. The summed E-state index contributed by atoms with van der Waals surface area (Å²) < 4.78 is 5.43. The largest absolute Gasteiger partial charge is 0.467 e. The lowest BCUT2D eigenvalue weighted by molar-refractivity contribution is 0.518. The fourth-order valence-corrected chi connectivity index (χ4v) is 3.55. The Kier molecular flexibility index (Phi) is 4.26. The van der Waals surface area contributed by atoms with Crippen LogP contribution in [0.4, 0.5) is 17.3 Å². The molecule has 1 aliphatic heterocycles. The minimum Gasteiger partial charge on any atom is -0.467 e. The minimum atomic E-state index is 0.578. The van der Waals surface area contributed by atoms with Gasteiger partial charge in [-0.2, -0.15) is 0 Å². The zero-order chi connectivity index (χ0) is 18.8. The Balaban J connectivity index is 1.53. The number of fused-ring (bicyclic) bond motifs is 1. The molecule has 5 heteroatoms. The smallest absolute Gasteiger partial charge is 0.163 e. The van der Waals surface area contributed by atoms with Gasteiger partial charge in [0.1, 0.15) is 17.4 Å². The van der Waals surface area contributed by atoms with Crippen LogP contribution in [0.25, 0.3) is 11.4 Å². The summed E-state index contributed by atoms with van der Waals surface area (Å²) in [5.74, 6) is 3.27. The predicted octanol–water partition coefficient (Wildman–Crippen LogP) is 5.04. The number of furan rings is 1. The van der Waals surface area contributed by atoms with E-state index in [1.807, 2.05) is 48.5 Å². The molecule has 138 valence electrons. The first kappa shape index (κ1) is 16.6. The van der Waals surface area contributed by atoms with Gasteiger partial charge in [0.2, 0.25) is 0 Å². The number of rotatable bonds is 5. The molecule has 0 radical (unpaired) electrons. The Bertz CT molecular complexity index is 1080. The first-order valence-corrected chi connectivity index (χ1v) is 9.43. The SMILES string of the molecule is c1ccc(-c2nc(NCc3ccco3)cc(N3CCc4ccccc43)n2)cc1. The molecule has 5 rings (SSSR count). The molecule has 1 aliphatic rings. The first-order chi connectivity index (χ1) is 13.9. The van der Waals surface area contributed by atoms with Crippen LogP contribution in [0.5, 0.6) is 0 Å². The summed E-state index contributed by atoms with van der Waals surface area (Å²) in [7, 11) is 0. The molecule has 0 aliphatic carbocycles. The molecule has 3 heterocycles. The molecule has 0 unspecified atom stereocenters. The topological polar surface area (TPSA) is 54.2 Å². The van der Waals surface area contributed by atoms with Crippen LogP contribution in [0.15, 0.2) is 83.5 Å². The highest BCUT2D eigenvalue weighted by atomic mass is 16.3. The Morgan fingerprint density at radius 3 is 2.64 bits per heavy atom. The van der Waals surface area contributed by atoms with Crippen molar-refractivity contribution >= 4 is 17.3 Å². The minimum absolute atomic E-state index is 0.578. The molecule has 28 heavy (non-hydrogen) atoms. The monoisotopic (exact) mass is 368 g/mol. The summed E-state index contributed by atoms with van der Waals surface area (Å²) in [6, 6.07) is 24.4. The predicted molar refractivity (Wildman–Crippen MR) is 111 cm³/mol. The second-order valence-electron chi connectivity index (χ2n) is 6.76. The van der Waals surface area contributed by atoms with Gasteiger partial charge < -0.3 is 14.6 Å². The Hall–Kier alpha value is -3.60. The van der Waals surface area contributed by atoms with Crippen LogP contribution in [0.3, 0.4) is 0 Å². The van der Waals surface area contributed by atoms with E-state index in [1.165, 1.54) is 11.3 Å². The summed E-state index contributed by atoms with van der Waals surface area (Å²) >= 11 is 0. The summed E-state index contributed by atoms with van der Waals surface area (Å²) in [6.45, 7) is 1.50. The maximum atomic E-state index is 5.43. The van der Waals surface area contributed by atoms with Gasteiger partial charge in [-0.1, -0.05) is 48.5 Å². The quantitative estimate of drug-likeness (QED) is 0.535. The van der Waals surface area contributed by atoms with Crippen LogP contribution in [-0.4, -0.2) is 16.5 Å². The van der Waals surface area contributed by atoms with Crippen LogP contribution < -0.4 is 10.2 Å². The molecule has 0 atom stereocenters. The van der Waals surface area contributed by atoms with Crippen molar-refractivity contribution in [2.45, 2.75) is 13.0 Å². The van der Waals surface area contributed by atoms with E-state index in [9.17, 15) is 0 Å². The number of aromatic nitrogens is 2. The van der Waals surface area contributed by atoms with E-state index in [0.29, 0.717) is 12.4 Å². The van der Waals surface area contributed by atoms with Crippen LogP contribution in [0, 0.1) is 0 Å². The number of benzene rings is 2. The molecule has 0 fully saturated rings. The maximum Gasteiger partial charge on any atom is 0.163 e. The van der Waals surface area contributed by atoms with Crippen molar-refractivity contribution in [3.8, 4) is 11.4 Å². The van der Waals surface area contributed by atoms with Crippen LogP contribution in [-0.2, 0) is 13.0 Å². The van der Waals surface area contributed by atoms with Gasteiger partial charge in [-0.15, -0.1) is 0 Å². The summed E-state index contributed by atoms with van der Waals surface area (Å²) in [5, 5.41) is 3.37. The highest BCUT2D eigenvalue weighted by molar-refractivity contribution is 5.71. The number of anilines is 3. The molecule has 0 spiro atoms. The highest BCUT2D eigenvalue weighted by Gasteiger charge is 2.22. The zero-order valence-corrected chi connectivity index (χ0v) is 15.4. The van der Waals surface area contributed by atoms with Crippen LogP contribution in [0.1, 0.15) is 11.3 Å². The Morgan fingerprint density at radius 1 is 0.929 bits per heavy atom. The third-order valence-corrected chi connectivity index (χ3v) is 4.93. The average molecular weight is 368 g/mol. The van der Waals surface area contributed by atoms with Gasteiger partial charge in [-0.25, -0.2) is 9.97 Å². The molecule has 0 bridgehead atoms. The van der Waals surface area contributed by atoms with Crippen LogP contribution >= 0.6 is 0 Å². The van der Waals surface area contributed by atoms with E-state index in [-0.39, 0.29) is 0 Å². The van der Waals surface area contributed by atoms with E-state index in [4.69, 9.17) is 14.4 Å². The van der Waals surface area contributed by atoms with Gasteiger partial charge in [-0.3, -0.25) is 0 Å². The number of hydrogen-bond acceptors (Lipinski definition) is 5. The molecule has 1 N–H and O–H groups in total. The lowest BCUT2D eigenvalue weighted by Crippen LogP contribution is -2.16. The Morgan fingerprint density at radius 2 is 1.79 bits per heavy atom. The molecular weight excluding hydrogens is 348 g/mol. The third-order valence-electron chi connectivity index (χ3n) is 4.93. The molecular formula is C23H20N4O. The fourth-order valence-electron chi connectivity index (χ4n) is 3.55. The molecule has 4 aromatic rings. The number of hydrogen-bond donors (Lipinski definition) is 1. The van der Waals surface area contributed by atoms with Crippen molar-refractivity contribution in [3.63, 3.8) is 0 Å². The molecule has 0 amide bonds. The van der Waals surface area contributed by atoms with E-state index >= 15 is 0 Å². The standard InChI is InChI=1S/C23H20N4O/c1-2-8-18(9-3-1)23-25-21(24-16-19-10-6-14-28-19)15-22(26-23)27-13-12-17-7-4-5-11-20(17)27/h1-11,14-15H,12-13,16H2,(H,24,25,26). The Labute approximate surface area is 163 Å². The van der Waals surface area contributed by atoms with Gasteiger partial charge in [0.15, 0.2) is 5.82 Å². The normalized spacial score (nSPS) is 12.8. The van der Waals surface area contributed by atoms with Crippen molar-refractivity contribution in [2.75, 3.05) is 16.8 Å². The van der Waals surface area contributed by atoms with Crippen molar-refractivity contribution in [1.82, 2.24) is 9.97 Å². The van der Waals surface area contributed by atoms with Crippen molar-refractivity contribution in [2.24, 2.45) is 0 Å². The summed E-state index contributed by atoms with van der Waals surface area (Å²) in [4.78, 5) is 11.9. The molecule has 0 saturated heterocycles. The number of nitrogens with one attached hydrogen (secondary N) is 1. The average Bonchev–Trinajstić information content (AvgIpc) is 3.42. The van der Waals surface area contributed by atoms with E-state index in [0.717, 1.165) is 35.9 Å².